The molecule has 4 nitrogen and oxygen atoms in total. The third-order valence-electron chi connectivity index (χ3n) is 2.16. The summed E-state index contributed by atoms with van der Waals surface area (Å²) in [5.41, 5.74) is 2.28. The van der Waals surface area contributed by atoms with Crippen LogP contribution in [0.4, 0.5) is 0 Å². The van der Waals surface area contributed by atoms with Crippen molar-refractivity contribution in [1.29, 1.82) is 4.29 Å². The van der Waals surface area contributed by atoms with Gasteiger partial charge < -0.3 is 19.1 Å². The van der Waals surface area contributed by atoms with Crippen molar-refractivity contribution in [3.05, 3.63) is 35.4 Å². The van der Waals surface area contributed by atoms with Gasteiger partial charge in [-0.3, -0.25) is 0 Å². The van der Waals surface area contributed by atoms with Gasteiger partial charge in [-0.05, 0) is 18.9 Å². The van der Waals surface area contributed by atoms with Crippen molar-refractivity contribution >= 4 is 8.80 Å². The third kappa shape index (κ3) is 5.99. The van der Waals surface area contributed by atoms with E-state index in [0.29, 0.717) is 19.6 Å². The lowest BCUT2D eigenvalue weighted by molar-refractivity contribution is 0.117. The van der Waals surface area contributed by atoms with E-state index < -0.39 is 8.80 Å². The molecule has 0 radical (unpaired) electrons. The number of hydrogen-bond donors (Lipinski definition) is 3. The molecule has 0 aromatic heterocycles. The molecule has 16 heavy (non-hydrogen) atoms. The first kappa shape index (κ1) is 9.32. The standard InChI is InChI=1S/C11H18O4Si/c1-10-3-5-11(6-4-10)9-15-7-2-8-16(12,13)14/h3-6,12-14H,2,7-9H2,1H3/i12T,13T,14T. The van der Waals surface area contributed by atoms with Crippen LogP contribution in [-0.2, 0) is 11.3 Å². The van der Waals surface area contributed by atoms with Crippen LogP contribution in [0.2, 0.25) is 6.04 Å². The van der Waals surface area contributed by atoms with E-state index in [4.69, 9.17) is 9.03 Å². The second kappa shape index (κ2) is 6.12. The summed E-state index contributed by atoms with van der Waals surface area (Å²) in [6, 6.07) is 8.25. The Bertz CT molecular complexity index is 351. The minimum Gasteiger partial charge on any atom is -0.390 e. The Morgan fingerprint density at radius 1 is 1.25 bits per heavy atom. The normalized spacial score (nSPS) is 14.2. The Labute approximate surface area is 101 Å². The van der Waals surface area contributed by atoms with Gasteiger partial charge in [-0.15, -0.1) is 0 Å². The van der Waals surface area contributed by atoms with Gasteiger partial charge in [-0.1, -0.05) is 29.8 Å². The molecule has 0 aliphatic heterocycles. The largest absolute Gasteiger partial charge is 0.492 e. The molecule has 1 aromatic carbocycles. The Kier molecular flexibility index (Phi) is 3.57. The first-order valence-corrected chi connectivity index (χ1v) is 7.15. The third-order valence-corrected chi connectivity index (χ3v) is 3.13. The van der Waals surface area contributed by atoms with Crippen molar-refractivity contribution in [1.82, 2.24) is 0 Å². The van der Waals surface area contributed by atoms with Gasteiger partial charge in [0.25, 0.3) is 0 Å². The highest BCUT2D eigenvalue weighted by atomic mass is 28.4. The van der Waals surface area contributed by atoms with E-state index in [1.54, 1.807) is 0 Å². The summed E-state index contributed by atoms with van der Waals surface area (Å²) in [5, 5.41) is 0. The van der Waals surface area contributed by atoms with Crippen LogP contribution in [0.1, 0.15) is 17.5 Å². The van der Waals surface area contributed by atoms with Crippen LogP contribution < -0.4 is 0 Å². The molecule has 0 saturated carbocycles. The fraction of sp³-hybridized carbons (Fsp3) is 0.455. The molecule has 0 saturated heterocycles. The molecular formula is C11H18O4Si. The summed E-state index contributed by atoms with van der Waals surface area (Å²) >= 11 is 0. The summed E-state index contributed by atoms with van der Waals surface area (Å²) in [7, 11) is -3.43. The minimum atomic E-state index is -3.43. The molecule has 0 fully saturated rings. The van der Waals surface area contributed by atoms with Crippen molar-refractivity contribution in [2.75, 3.05) is 6.61 Å². The van der Waals surface area contributed by atoms with Crippen molar-refractivity contribution in [2.45, 2.75) is 26.0 Å². The number of hydrogen-bond acceptors (Lipinski definition) is 4. The Morgan fingerprint density at radius 2 is 1.94 bits per heavy atom. The van der Waals surface area contributed by atoms with E-state index in [-0.39, 0.29) is 6.04 Å². The van der Waals surface area contributed by atoms with Gasteiger partial charge >= 0.3 is 8.80 Å². The lowest BCUT2D eigenvalue weighted by Gasteiger charge is -2.09. The fourth-order valence-corrected chi connectivity index (χ4v) is 1.84. The Balaban J connectivity index is 2.22. The highest BCUT2D eigenvalue weighted by molar-refractivity contribution is 6.56. The van der Waals surface area contributed by atoms with Gasteiger partial charge in [0, 0.05) is 12.7 Å². The van der Waals surface area contributed by atoms with Crippen LogP contribution in [0.15, 0.2) is 24.3 Å². The molecule has 0 heterocycles. The molecule has 0 atom stereocenters. The fourth-order valence-electron chi connectivity index (χ4n) is 1.27. The molecule has 1 rings (SSSR count). The monoisotopic (exact) mass is 248 g/mol. The highest BCUT2D eigenvalue weighted by Crippen LogP contribution is 2.06. The van der Waals surface area contributed by atoms with E-state index in [9.17, 15) is 0 Å². The predicted molar refractivity (Wildman–Crippen MR) is 62.7 cm³/mol. The van der Waals surface area contributed by atoms with Gasteiger partial charge in [0.05, 0.1) is 6.61 Å². The molecule has 3 N–H and O–H groups in total. The lowest BCUT2D eigenvalue weighted by atomic mass is 10.2. The molecule has 0 spiro atoms. The first-order valence-electron chi connectivity index (χ1n) is 6.44. The summed E-state index contributed by atoms with van der Waals surface area (Å²) in [6.07, 6.45) is 0.509. The van der Waals surface area contributed by atoms with E-state index in [2.05, 4.69) is 14.4 Å². The van der Waals surface area contributed by atoms with Crippen molar-refractivity contribution in [3.63, 3.8) is 0 Å². The van der Waals surface area contributed by atoms with Crippen LogP contribution >= 0.6 is 0 Å². The number of ether oxygens (including phenoxy) is 1. The molecule has 5 heteroatoms. The summed E-state index contributed by atoms with van der Waals surface area (Å²) in [5.74, 6) is 0. The molecular weight excluding hydrogens is 224 g/mol. The maximum atomic E-state index is 6.77. The molecule has 90 valence electrons. The van der Waals surface area contributed by atoms with E-state index in [0.717, 1.165) is 5.56 Å². The maximum Gasteiger partial charge on any atom is 0.492 e. The second-order valence-corrected chi connectivity index (χ2v) is 5.69. The minimum absolute atomic E-state index is 0.206. The highest BCUT2D eigenvalue weighted by Gasteiger charge is 2.25. The summed E-state index contributed by atoms with van der Waals surface area (Å²) < 4.78 is 25.8. The summed E-state index contributed by atoms with van der Waals surface area (Å²) in [4.78, 5) is 12.7. The number of rotatable bonds is 9. The zero-order valence-corrected chi connectivity index (χ0v) is 10.3. The van der Waals surface area contributed by atoms with E-state index >= 15 is 0 Å². The predicted octanol–water partition coefficient (Wildman–Crippen LogP) is 0.818. The molecule has 0 aliphatic rings. The molecule has 0 bridgehead atoms. The maximum absolute atomic E-state index is 6.77. The number of aryl methyl sites for hydroxylation is 1. The zero-order valence-electron chi connectivity index (χ0n) is 12.3. The first-order chi connectivity index (χ1) is 9.15. The van der Waals surface area contributed by atoms with Crippen LogP contribution in [0.5, 0.6) is 0 Å². The van der Waals surface area contributed by atoms with Crippen molar-refractivity contribution in [2.24, 2.45) is 0 Å². The average molecular weight is 248 g/mol. The van der Waals surface area contributed by atoms with Crippen molar-refractivity contribution in [3.8, 4) is 0 Å². The van der Waals surface area contributed by atoms with Gasteiger partial charge in [0.15, 0.2) is 4.29 Å². The molecule has 0 amide bonds. The molecule has 1 aromatic rings. The lowest BCUT2D eigenvalue weighted by Crippen LogP contribution is -2.34. The number of benzene rings is 1. The zero-order chi connectivity index (χ0) is 14.1. The SMILES string of the molecule is [3H]O[Si](CCCOCc1ccc(C)cc1)(O[3H])O[3H]. The topological polar surface area (TPSA) is 69.9 Å². The van der Waals surface area contributed by atoms with E-state index in [1.165, 1.54) is 5.56 Å². The van der Waals surface area contributed by atoms with Crippen LogP contribution in [-0.4, -0.2) is 34.1 Å². The summed E-state index contributed by atoms with van der Waals surface area (Å²) in [6.45, 7) is 2.95. The van der Waals surface area contributed by atoms with Crippen LogP contribution in [0, 0.1) is 6.92 Å². The average Bonchev–Trinajstić information content (AvgIpc) is 2.45. The Morgan fingerprint density at radius 3 is 2.56 bits per heavy atom. The van der Waals surface area contributed by atoms with Gasteiger partial charge in [-0.25, -0.2) is 0 Å². The Hall–Kier alpha value is -0.723. The van der Waals surface area contributed by atoms with Crippen molar-refractivity contribution < 1.29 is 19.1 Å². The quantitative estimate of drug-likeness (QED) is 0.447. The second-order valence-electron chi connectivity index (χ2n) is 3.82. The van der Waals surface area contributed by atoms with Crippen LogP contribution in [0.3, 0.4) is 0 Å². The smallest absolute Gasteiger partial charge is 0.390 e. The van der Waals surface area contributed by atoms with E-state index in [1.807, 2.05) is 31.2 Å². The van der Waals surface area contributed by atoms with Gasteiger partial charge in [0.1, 0.15) is 0 Å². The molecule has 0 aliphatic carbocycles. The van der Waals surface area contributed by atoms with Crippen LogP contribution in [0.25, 0.3) is 0 Å². The van der Waals surface area contributed by atoms with Gasteiger partial charge in [0.2, 0.25) is 0 Å². The molecule has 0 unspecified atom stereocenters. The van der Waals surface area contributed by atoms with Gasteiger partial charge in [-0.2, -0.15) is 0 Å².